The molecule has 0 fully saturated rings. The van der Waals surface area contributed by atoms with Crippen molar-refractivity contribution in [2.75, 3.05) is 6.54 Å². The smallest absolute Gasteiger partial charge is 0.0561 e. The summed E-state index contributed by atoms with van der Waals surface area (Å²) in [5.41, 5.74) is 11.4. The van der Waals surface area contributed by atoms with E-state index in [0.29, 0.717) is 0 Å². The summed E-state index contributed by atoms with van der Waals surface area (Å²) in [6, 6.07) is 1.98. The van der Waals surface area contributed by atoms with Gasteiger partial charge in [-0.1, -0.05) is 18.0 Å². The topological polar surface area (TPSA) is 52.0 Å². The molecule has 0 radical (unpaired) electrons. The molecule has 1 rings (SSSR count). The first-order valence-electron chi connectivity index (χ1n) is 4.44. The van der Waals surface area contributed by atoms with Gasteiger partial charge in [0.1, 0.15) is 0 Å². The SMILES string of the molecule is NCCCC[C@H](N)c1sccc1Cl. The van der Waals surface area contributed by atoms with E-state index in [4.69, 9.17) is 23.1 Å². The molecule has 0 unspecified atom stereocenters. The maximum absolute atomic E-state index is 5.97. The zero-order valence-corrected chi connectivity index (χ0v) is 9.07. The monoisotopic (exact) mass is 218 g/mol. The van der Waals surface area contributed by atoms with Crippen molar-refractivity contribution in [3.63, 3.8) is 0 Å². The Morgan fingerprint density at radius 3 is 2.77 bits per heavy atom. The number of nitrogens with two attached hydrogens (primary N) is 2. The van der Waals surface area contributed by atoms with Crippen LogP contribution in [0.2, 0.25) is 5.02 Å². The fourth-order valence-electron chi connectivity index (χ4n) is 1.21. The molecule has 4 N–H and O–H groups in total. The highest BCUT2D eigenvalue weighted by Gasteiger charge is 2.10. The number of rotatable bonds is 5. The van der Waals surface area contributed by atoms with Crippen molar-refractivity contribution in [1.29, 1.82) is 0 Å². The lowest BCUT2D eigenvalue weighted by atomic mass is 10.1. The molecule has 4 heteroatoms. The van der Waals surface area contributed by atoms with E-state index in [2.05, 4.69) is 0 Å². The lowest BCUT2D eigenvalue weighted by Gasteiger charge is -2.09. The van der Waals surface area contributed by atoms with Gasteiger partial charge in [-0.15, -0.1) is 11.3 Å². The van der Waals surface area contributed by atoms with Crippen LogP contribution in [0.4, 0.5) is 0 Å². The van der Waals surface area contributed by atoms with Gasteiger partial charge in [-0.05, 0) is 30.8 Å². The molecule has 0 saturated heterocycles. The van der Waals surface area contributed by atoms with Gasteiger partial charge >= 0.3 is 0 Å². The second kappa shape index (κ2) is 5.60. The van der Waals surface area contributed by atoms with Crippen molar-refractivity contribution >= 4 is 22.9 Å². The average Bonchev–Trinajstić information content (AvgIpc) is 2.52. The summed E-state index contributed by atoms with van der Waals surface area (Å²) in [4.78, 5) is 1.10. The molecule has 0 aliphatic carbocycles. The second-order valence-corrected chi connectivity index (χ2v) is 4.38. The highest BCUT2D eigenvalue weighted by molar-refractivity contribution is 7.10. The van der Waals surface area contributed by atoms with E-state index in [1.54, 1.807) is 11.3 Å². The van der Waals surface area contributed by atoms with Gasteiger partial charge in [0.2, 0.25) is 0 Å². The first-order valence-corrected chi connectivity index (χ1v) is 5.70. The van der Waals surface area contributed by atoms with E-state index < -0.39 is 0 Å². The summed E-state index contributed by atoms with van der Waals surface area (Å²) in [5.74, 6) is 0. The third kappa shape index (κ3) is 3.27. The minimum atomic E-state index is 0.0825. The molecule has 0 saturated carbocycles. The van der Waals surface area contributed by atoms with Crippen LogP contribution in [-0.4, -0.2) is 6.54 Å². The van der Waals surface area contributed by atoms with Gasteiger partial charge in [-0.25, -0.2) is 0 Å². The Balaban J connectivity index is 2.39. The summed E-state index contributed by atoms with van der Waals surface area (Å²) in [5, 5.41) is 2.77. The predicted octanol–water partition coefficient (Wildman–Crippen LogP) is 2.53. The minimum absolute atomic E-state index is 0.0825. The summed E-state index contributed by atoms with van der Waals surface area (Å²) in [6.07, 6.45) is 3.08. The van der Waals surface area contributed by atoms with Crippen molar-refractivity contribution < 1.29 is 0 Å². The van der Waals surface area contributed by atoms with E-state index in [1.807, 2.05) is 11.4 Å². The van der Waals surface area contributed by atoms with Crippen molar-refractivity contribution in [1.82, 2.24) is 0 Å². The van der Waals surface area contributed by atoms with Crippen molar-refractivity contribution in [2.24, 2.45) is 11.5 Å². The maximum atomic E-state index is 5.97. The Morgan fingerprint density at radius 2 is 2.23 bits per heavy atom. The zero-order chi connectivity index (χ0) is 9.68. The molecule has 1 heterocycles. The van der Waals surface area contributed by atoms with Crippen LogP contribution in [0.3, 0.4) is 0 Å². The van der Waals surface area contributed by atoms with Crippen LogP contribution >= 0.6 is 22.9 Å². The van der Waals surface area contributed by atoms with Gasteiger partial charge in [0.05, 0.1) is 5.02 Å². The number of thiophene rings is 1. The molecular weight excluding hydrogens is 204 g/mol. The molecular formula is C9H15ClN2S. The zero-order valence-electron chi connectivity index (χ0n) is 7.50. The standard InChI is InChI=1S/C9H15ClN2S/c10-7-4-6-13-9(7)8(12)3-1-2-5-11/h4,6,8H,1-3,5,11-12H2/t8-/m0/s1. The fourth-order valence-corrected chi connectivity index (χ4v) is 2.45. The van der Waals surface area contributed by atoms with Gasteiger partial charge in [0.15, 0.2) is 0 Å². The van der Waals surface area contributed by atoms with Crippen LogP contribution in [0, 0.1) is 0 Å². The van der Waals surface area contributed by atoms with E-state index in [0.717, 1.165) is 35.7 Å². The Bertz CT molecular complexity index is 250. The largest absolute Gasteiger partial charge is 0.330 e. The Kier molecular flexibility index (Phi) is 4.73. The predicted molar refractivity (Wildman–Crippen MR) is 59.2 cm³/mol. The Hall–Kier alpha value is -0.0900. The molecule has 0 bridgehead atoms. The van der Waals surface area contributed by atoms with Crippen molar-refractivity contribution in [2.45, 2.75) is 25.3 Å². The second-order valence-electron chi connectivity index (χ2n) is 3.02. The van der Waals surface area contributed by atoms with Gasteiger partial charge in [-0.3, -0.25) is 0 Å². The van der Waals surface area contributed by atoms with Crippen LogP contribution in [0.15, 0.2) is 11.4 Å². The van der Waals surface area contributed by atoms with Gasteiger partial charge < -0.3 is 11.5 Å². The van der Waals surface area contributed by atoms with E-state index in [1.165, 1.54) is 0 Å². The lowest BCUT2D eigenvalue weighted by molar-refractivity contribution is 0.598. The number of hydrogen-bond donors (Lipinski definition) is 2. The molecule has 0 aliphatic heterocycles. The normalized spacial score (nSPS) is 13.2. The first kappa shape index (κ1) is 11.0. The van der Waals surface area contributed by atoms with Crippen LogP contribution < -0.4 is 11.5 Å². The molecule has 74 valence electrons. The Labute approximate surface area is 87.9 Å². The van der Waals surface area contributed by atoms with Crippen molar-refractivity contribution in [3.05, 3.63) is 21.3 Å². The summed E-state index contributed by atoms with van der Waals surface area (Å²) < 4.78 is 0. The van der Waals surface area contributed by atoms with Gasteiger partial charge in [-0.2, -0.15) is 0 Å². The van der Waals surface area contributed by atoms with Gasteiger partial charge in [0.25, 0.3) is 0 Å². The molecule has 0 aromatic carbocycles. The minimum Gasteiger partial charge on any atom is -0.330 e. The molecule has 1 atom stereocenters. The molecule has 0 spiro atoms. The van der Waals surface area contributed by atoms with Crippen LogP contribution in [0.5, 0.6) is 0 Å². The third-order valence-electron chi connectivity index (χ3n) is 1.95. The molecule has 1 aromatic heterocycles. The van der Waals surface area contributed by atoms with E-state index >= 15 is 0 Å². The van der Waals surface area contributed by atoms with Crippen LogP contribution in [-0.2, 0) is 0 Å². The van der Waals surface area contributed by atoms with Gasteiger partial charge in [0, 0.05) is 10.9 Å². The lowest BCUT2D eigenvalue weighted by Crippen LogP contribution is -2.09. The van der Waals surface area contributed by atoms with Crippen LogP contribution in [0.25, 0.3) is 0 Å². The highest BCUT2D eigenvalue weighted by Crippen LogP contribution is 2.29. The third-order valence-corrected chi connectivity index (χ3v) is 3.44. The number of halogens is 1. The first-order chi connectivity index (χ1) is 6.25. The summed E-state index contributed by atoms with van der Waals surface area (Å²) in [6.45, 7) is 0.741. The number of unbranched alkanes of at least 4 members (excludes halogenated alkanes) is 1. The maximum Gasteiger partial charge on any atom is 0.0561 e. The average molecular weight is 219 g/mol. The van der Waals surface area contributed by atoms with E-state index in [9.17, 15) is 0 Å². The van der Waals surface area contributed by atoms with Crippen molar-refractivity contribution in [3.8, 4) is 0 Å². The quantitative estimate of drug-likeness (QED) is 0.747. The molecule has 13 heavy (non-hydrogen) atoms. The molecule has 0 amide bonds. The highest BCUT2D eigenvalue weighted by atomic mass is 35.5. The summed E-state index contributed by atoms with van der Waals surface area (Å²) >= 11 is 7.58. The molecule has 0 aliphatic rings. The fraction of sp³-hybridized carbons (Fsp3) is 0.556. The molecule has 1 aromatic rings. The number of hydrogen-bond acceptors (Lipinski definition) is 3. The summed E-state index contributed by atoms with van der Waals surface area (Å²) in [7, 11) is 0. The molecule has 2 nitrogen and oxygen atoms in total. The van der Waals surface area contributed by atoms with E-state index in [-0.39, 0.29) is 6.04 Å². The van der Waals surface area contributed by atoms with Crippen LogP contribution in [0.1, 0.15) is 30.2 Å². The Morgan fingerprint density at radius 1 is 1.46 bits per heavy atom.